The highest BCUT2D eigenvalue weighted by molar-refractivity contribution is 6.31. The first-order valence-corrected chi connectivity index (χ1v) is 9.76. The Labute approximate surface area is 176 Å². The lowest BCUT2D eigenvalue weighted by Gasteiger charge is -2.15. The number of ether oxygens (including phenoxy) is 2. The first-order chi connectivity index (χ1) is 13.5. The molecule has 0 atom stereocenters. The molecule has 0 amide bonds. The molecule has 0 saturated heterocycles. The van der Waals surface area contributed by atoms with Crippen molar-refractivity contribution in [2.24, 2.45) is 0 Å². The molecular weight excluding hydrogens is 393 g/mol. The van der Waals surface area contributed by atoms with E-state index in [4.69, 9.17) is 32.7 Å². The lowest BCUT2D eigenvalue weighted by Crippen LogP contribution is -2.03. The Morgan fingerprint density at radius 2 is 1.61 bits per heavy atom. The van der Waals surface area contributed by atoms with Gasteiger partial charge in [0, 0.05) is 28.3 Å². The van der Waals surface area contributed by atoms with Gasteiger partial charge in [-0.3, -0.25) is 0 Å². The maximum atomic E-state index is 6.49. The second-order valence-electron chi connectivity index (χ2n) is 6.66. The van der Waals surface area contributed by atoms with E-state index in [9.17, 15) is 0 Å². The molecule has 0 heterocycles. The number of aryl methyl sites for hydroxylation is 2. The molecule has 0 radical (unpaired) electrons. The van der Waals surface area contributed by atoms with E-state index in [0.717, 1.165) is 16.8 Å². The van der Waals surface area contributed by atoms with Gasteiger partial charge in [-0.1, -0.05) is 41.4 Å². The molecule has 0 aliphatic carbocycles. The molecule has 1 N–H and O–H groups in total. The summed E-state index contributed by atoms with van der Waals surface area (Å²) < 4.78 is 11.4. The van der Waals surface area contributed by atoms with Gasteiger partial charge in [-0.15, -0.1) is 0 Å². The molecule has 28 heavy (non-hydrogen) atoms. The highest BCUT2D eigenvalue weighted by Gasteiger charge is 2.11. The van der Waals surface area contributed by atoms with Gasteiger partial charge in [0.2, 0.25) is 0 Å². The van der Waals surface area contributed by atoms with Crippen molar-refractivity contribution in [1.82, 2.24) is 0 Å². The Balaban J connectivity index is 1.71. The van der Waals surface area contributed by atoms with E-state index >= 15 is 0 Å². The van der Waals surface area contributed by atoms with E-state index in [0.29, 0.717) is 34.7 Å². The summed E-state index contributed by atoms with van der Waals surface area (Å²) >= 11 is 12.4. The zero-order valence-electron chi connectivity index (χ0n) is 16.2. The van der Waals surface area contributed by atoms with Crippen molar-refractivity contribution in [3.63, 3.8) is 0 Å². The van der Waals surface area contributed by atoms with Crippen LogP contribution in [0.1, 0.15) is 22.3 Å². The van der Waals surface area contributed by atoms with E-state index in [2.05, 4.69) is 37.4 Å². The number of nitrogens with one attached hydrogen (secondary N) is 1. The van der Waals surface area contributed by atoms with Crippen LogP contribution in [0.25, 0.3) is 0 Å². The summed E-state index contributed by atoms with van der Waals surface area (Å²) in [5, 5.41) is 4.74. The summed E-state index contributed by atoms with van der Waals surface area (Å²) in [6.45, 7) is 5.20. The fourth-order valence-corrected chi connectivity index (χ4v) is 3.12. The molecular formula is C23H23Cl2NO2. The van der Waals surface area contributed by atoms with Crippen molar-refractivity contribution in [2.45, 2.75) is 27.0 Å². The zero-order chi connectivity index (χ0) is 20.1. The third-order valence-corrected chi connectivity index (χ3v) is 5.23. The van der Waals surface area contributed by atoms with Gasteiger partial charge in [0.15, 0.2) is 11.5 Å². The minimum Gasteiger partial charge on any atom is -0.493 e. The van der Waals surface area contributed by atoms with E-state index in [1.54, 1.807) is 13.2 Å². The Hall–Kier alpha value is -2.36. The molecule has 5 heteroatoms. The summed E-state index contributed by atoms with van der Waals surface area (Å²) in [7, 11) is 1.62. The summed E-state index contributed by atoms with van der Waals surface area (Å²) in [6.07, 6.45) is 0. The molecule has 0 aliphatic rings. The molecule has 146 valence electrons. The number of hydrogen-bond acceptors (Lipinski definition) is 3. The van der Waals surface area contributed by atoms with E-state index in [1.807, 2.05) is 30.3 Å². The zero-order valence-corrected chi connectivity index (χ0v) is 17.7. The molecule has 3 nitrogen and oxygen atoms in total. The molecule has 3 rings (SSSR count). The van der Waals surface area contributed by atoms with E-state index < -0.39 is 0 Å². The minimum atomic E-state index is 0.407. The van der Waals surface area contributed by atoms with Crippen LogP contribution in [0.2, 0.25) is 10.0 Å². The SMILES string of the molecule is COc1cc(CNc2ccc(C)c(C)c2)c(Cl)cc1OCc1ccc(Cl)cc1. The molecule has 0 bridgehead atoms. The van der Waals surface area contributed by atoms with Crippen LogP contribution >= 0.6 is 23.2 Å². The topological polar surface area (TPSA) is 30.5 Å². The normalized spacial score (nSPS) is 10.6. The maximum Gasteiger partial charge on any atom is 0.163 e. The van der Waals surface area contributed by atoms with E-state index in [-0.39, 0.29) is 0 Å². The highest BCUT2D eigenvalue weighted by atomic mass is 35.5. The number of anilines is 1. The second-order valence-corrected chi connectivity index (χ2v) is 7.51. The van der Waals surface area contributed by atoms with Crippen molar-refractivity contribution in [3.8, 4) is 11.5 Å². The molecule has 0 aromatic heterocycles. The number of hydrogen-bond donors (Lipinski definition) is 1. The molecule has 3 aromatic carbocycles. The van der Waals surface area contributed by atoms with Gasteiger partial charge in [0.25, 0.3) is 0 Å². The largest absolute Gasteiger partial charge is 0.493 e. The number of rotatable bonds is 7. The van der Waals surface area contributed by atoms with Gasteiger partial charge in [-0.25, -0.2) is 0 Å². The molecule has 3 aromatic rings. The van der Waals surface area contributed by atoms with Gasteiger partial charge in [-0.05, 0) is 66.4 Å². The fraction of sp³-hybridized carbons (Fsp3) is 0.217. The molecule has 0 saturated carbocycles. The predicted octanol–water partition coefficient (Wildman–Crippen LogP) is 6.81. The first-order valence-electron chi connectivity index (χ1n) is 9.01. The van der Waals surface area contributed by atoms with Gasteiger partial charge in [-0.2, -0.15) is 0 Å². The number of benzene rings is 3. The maximum absolute atomic E-state index is 6.49. The van der Waals surface area contributed by atoms with Crippen molar-refractivity contribution < 1.29 is 9.47 Å². The molecule has 0 fully saturated rings. The third-order valence-electron chi connectivity index (χ3n) is 4.63. The van der Waals surface area contributed by atoms with Gasteiger partial charge in [0.05, 0.1) is 7.11 Å². The average molecular weight is 416 g/mol. The van der Waals surface area contributed by atoms with Crippen LogP contribution in [0.4, 0.5) is 5.69 Å². The Morgan fingerprint density at radius 1 is 0.857 bits per heavy atom. The Morgan fingerprint density at radius 3 is 2.29 bits per heavy atom. The van der Waals surface area contributed by atoms with E-state index in [1.165, 1.54) is 11.1 Å². The lowest BCUT2D eigenvalue weighted by atomic mass is 10.1. The summed E-state index contributed by atoms with van der Waals surface area (Å²) in [4.78, 5) is 0. The van der Waals surface area contributed by atoms with Crippen molar-refractivity contribution in [2.75, 3.05) is 12.4 Å². The fourth-order valence-electron chi connectivity index (χ4n) is 2.78. The predicted molar refractivity (Wildman–Crippen MR) is 117 cm³/mol. The van der Waals surface area contributed by atoms with Crippen molar-refractivity contribution in [3.05, 3.63) is 86.9 Å². The van der Waals surface area contributed by atoms with Crippen LogP contribution in [-0.4, -0.2) is 7.11 Å². The highest BCUT2D eigenvalue weighted by Crippen LogP contribution is 2.34. The average Bonchev–Trinajstić information content (AvgIpc) is 2.69. The monoisotopic (exact) mass is 415 g/mol. The summed E-state index contributed by atoms with van der Waals surface area (Å²) in [5.74, 6) is 1.26. The number of methoxy groups -OCH3 is 1. The molecule has 0 unspecified atom stereocenters. The van der Waals surface area contributed by atoms with Crippen LogP contribution in [0.15, 0.2) is 54.6 Å². The van der Waals surface area contributed by atoms with Gasteiger partial charge >= 0.3 is 0 Å². The smallest absolute Gasteiger partial charge is 0.163 e. The van der Waals surface area contributed by atoms with Crippen LogP contribution in [0, 0.1) is 13.8 Å². The number of halogens is 2. The quantitative estimate of drug-likeness (QED) is 0.459. The Bertz CT molecular complexity index is 956. The van der Waals surface area contributed by atoms with Crippen LogP contribution < -0.4 is 14.8 Å². The summed E-state index contributed by atoms with van der Waals surface area (Å²) in [6, 6.07) is 17.5. The van der Waals surface area contributed by atoms with Gasteiger partial charge < -0.3 is 14.8 Å². The van der Waals surface area contributed by atoms with Crippen LogP contribution in [0.3, 0.4) is 0 Å². The lowest BCUT2D eigenvalue weighted by molar-refractivity contribution is 0.284. The standard InChI is InChI=1S/C23H23Cl2NO2/c1-15-4-9-20(10-16(15)2)26-13-18-11-22(27-3)23(12-21(18)25)28-14-17-5-7-19(24)8-6-17/h4-12,26H,13-14H2,1-3H3. The van der Waals surface area contributed by atoms with Crippen LogP contribution in [0.5, 0.6) is 11.5 Å². The van der Waals surface area contributed by atoms with Crippen molar-refractivity contribution >= 4 is 28.9 Å². The summed E-state index contributed by atoms with van der Waals surface area (Å²) in [5.41, 5.74) is 5.53. The molecule has 0 aliphatic heterocycles. The first kappa shape index (κ1) is 20.4. The van der Waals surface area contributed by atoms with Crippen LogP contribution in [-0.2, 0) is 13.2 Å². The minimum absolute atomic E-state index is 0.407. The van der Waals surface area contributed by atoms with Gasteiger partial charge in [0.1, 0.15) is 6.61 Å². The second kappa shape index (κ2) is 9.22. The van der Waals surface area contributed by atoms with Crippen molar-refractivity contribution in [1.29, 1.82) is 0 Å². The Kier molecular flexibility index (Phi) is 6.71. The molecule has 0 spiro atoms. The third kappa shape index (κ3) is 5.12.